The molecule has 8 nitrogen and oxygen atoms in total. The number of carbonyl (C=O) groups excluding carboxylic acids is 2. The summed E-state index contributed by atoms with van der Waals surface area (Å²) in [5.41, 5.74) is 3.18. The molecule has 4 aromatic rings. The fraction of sp³-hybridized carbons (Fsp3) is 0.120. The quantitative estimate of drug-likeness (QED) is 0.418. The molecule has 0 aliphatic rings. The second-order valence-corrected chi connectivity index (χ2v) is 7.41. The van der Waals surface area contributed by atoms with Gasteiger partial charge in [-0.15, -0.1) is 0 Å². The van der Waals surface area contributed by atoms with Gasteiger partial charge in [0.1, 0.15) is 11.5 Å². The Labute approximate surface area is 190 Å². The average molecular weight is 442 g/mol. The molecule has 0 fully saturated rings. The van der Waals surface area contributed by atoms with Crippen LogP contribution in [-0.2, 0) is 11.3 Å². The fourth-order valence-electron chi connectivity index (χ4n) is 3.17. The van der Waals surface area contributed by atoms with Crippen molar-refractivity contribution in [3.05, 3.63) is 101 Å². The first-order chi connectivity index (χ1) is 16.0. The van der Waals surface area contributed by atoms with Crippen molar-refractivity contribution in [1.82, 2.24) is 20.8 Å². The Kier molecular flexibility index (Phi) is 6.45. The number of aromatic nitrogens is 2. The summed E-state index contributed by atoms with van der Waals surface area (Å²) in [7, 11) is 0. The molecule has 2 heterocycles. The molecule has 4 rings (SSSR count). The van der Waals surface area contributed by atoms with Crippen LogP contribution in [-0.4, -0.2) is 22.0 Å². The van der Waals surface area contributed by atoms with Crippen molar-refractivity contribution in [3.63, 3.8) is 0 Å². The maximum atomic E-state index is 12.9. The Morgan fingerprint density at radius 2 is 1.88 bits per heavy atom. The number of rotatable bonds is 7. The van der Waals surface area contributed by atoms with E-state index in [2.05, 4.69) is 20.8 Å². The summed E-state index contributed by atoms with van der Waals surface area (Å²) in [4.78, 5) is 30.0. The van der Waals surface area contributed by atoms with Crippen LogP contribution < -0.4 is 10.6 Å². The Hall–Kier alpha value is -4.46. The number of hydrogen-bond donors (Lipinski definition) is 2. The molecule has 0 bridgehead atoms. The first kappa shape index (κ1) is 21.8. The lowest BCUT2D eigenvalue weighted by atomic mass is 10.1. The molecule has 2 amide bonds. The van der Waals surface area contributed by atoms with Crippen LogP contribution in [0, 0.1) is 13.8 Å². The molecular weight excluding hydrogens is 420 g/mol. The Morgan fingerprint density at radius 1 is 1.03 bits per heavy atom. The van der Waals surface area contributed by atoms with Crippen LogP contribution in [0.15, 0.2) is 81.6 Å². The van der Waals surface area contributed by atoms with Gasteiger partial charge in [0.05, 0.1) is 12.8 Å². The standard InChI is InChI=1S/C25H22N4O4/c1-16-7-5-9-18(13-16)23-28-22(33-29-23)15-26-25(31)21(14-19-10-6-12-32-19)27-24(30)20-11-4-3-8-17(20)2/h3-14H,15H2,1-2H3,(H,26,31)(H,27,30)/b21-14-. The molecule has 2 aromatic carbocycles. The van der Waals surface area contributed by atoms with E-state index < -0.39 is 11.8 Å². The molecule has 0 saturated heterocycles. The van der Waals surface area contributed by atoms with Gasteiger partial charge in [-0.3, -0.25) is 9.59 Å². The van der Waals surface area contributed by atoms with Crippen LogP contribution >= 0.6 is 0 Å². The Bertz CT molecular complexity index is 1310. The third-order valence-corrected chi connectivity index (χ3v) is 4.86. The normalized spacial score (nSPS) is 11.3. The van der Waals surface area contributed by atoms with Gasteiger partial charge in [-0.25, -0.2) is 0 Å². The van der Waals surface area contributed by atoms with Crippen molar-refractivity contribution in [1.29, 1.82) is 0 Å². The van der Waals surface area contributed by atoms with Crippen LogP contribution in [0.4, 0.5) is 0 Å². The van der Waals surface area contributed by atoms with Crippen molar-refractivity contribution in [2.75, 3.05) is 0 Å². The SMILES string of the molecule is Cc1cccc(-c2noc(CNC(=O)/C(=C/c3ccco3)NC(=O)c3ccccc3C)n2)c1. The van der Waals surface area contributed by atoms with E-state index in [-0.39, 0.29) is 18.1 Å². The van der Waals surface area contributed by atoms with Gasteiger partial charge in [-0.2, -0.15) is 4.98 Å². The first-order valence-electron chi connectivity index (χ1n) is 10.3. The molecule has 2 N–H and O–H groups in total. The van der Waals surface area contributed by atoms with Gasteiger partial charge >= 0.3 is 0 Å². The van der Waals surface area contributed by atoms with Gasteiger partial charge < -0.3 is 19.6 Å². The fourth-order valence-corrected chi connectivity index (χ4v) is 3.17. The second-order valence-electron chi connectivity index (χ2n) is 7.41. The molecule has 0 atom stereocenters. The second kappa shape index (κ2) is 9.78. The van der Waals surface area contributed by atoms with Crippen molar-refractivity contribution >= 4 is 17.9 Å². The minimum absolute atomic E-state index is 0.00657. The number of nitrogens with zero attached hydrogens (tertiary/aromatic N) is 2. The van der Waals surface area contributed by atoms with Crippen molar-refractivity contribution in [3.8, 4) is 11.4 Å². The molecule has 0 spiro atoms. The number of hydrogen-bond acceptors (Lipinski definition) is 6. The number of aryl methyl sites for hydroxylation is 2. The van der Waals surface area contributed by atoms with Crippen molar-refractivity contribution < 1.29 is 18.5 Å². The third kappa shape index (κ3) is 5.43. The van der Waals surface area contributed by atoms with Crippen molar-refractivity contribution in [2.24, 2.45) is 0 Å². The Balaban J connectivity index is 1.48. The van der Waals surface area contributed by atoms with Gasteiger partial charge in [0.15, 0.2) is 0 Å². The molecule has 0 radical (unpaired) electrons. The van der Waals surface area contributed by atoms with Crippen LogP contribution in [0.5, 0.6) is 0 Å². The van der Waals surface area contributed by atoms with E-state index in [9.17, 15) is 9.59 Å². The molecule has 166 valence electrons. The topological polar surface area (TPSA) is 110 Å². The highest BCUT2D eigenvalue weighted by molar-refractivity contribution is 6.05. The summed E-state index contributed by atoms with van der Waals surface area (Å²) >= 11 is 0. The number of amides is 2. The average Bonchev–Trinajstić information content (AvgIpc) is 3.49. The lowest BCUT2D eigenvalue weighted by molar-refractivity contribution is -0.118. The molecule has 2 aromatic heterocycles. The summed E-state index contributed by atoms with van der Waals surface area (Å²) in [6.45, 7) is 3.79. The molecule has 0 unspecified atom stereocenters. The van der Waals surface area contributed by atoms with Gasteiger partial charge in [-0.05, 0) is 43.7 Å². The lowest BCUT2D eigenvalue weighted by Gasteiger charge is -2.11. The van der Waals surface area contributed by atoms with E-state index in [0.29, 0.717) is 17.1 Å². The van der Waals surface area contributed by atoms with Gasteiger partial charge in [0, 0.05) is 17.2 Å². The van der Waals surface area contributed by atoms with Gasteiger partial charge in [-0.1, -0.05) is 47.1 Å². The van der Waals surface area contributed by atoms with Gasteiger partial charge in [0.25, 0.3) is 11.8 Å². The predicted octanol–water partition coefficient (Wildman–Crippen LogP) is 4.03. The summed E-state index contributed by atoms with van der Waals surface area (Å²) in [5.74, 6) is 0.165. The molecule has 0 saturated carbocycles. The van der Waals surface area contributed by atoms with Gasteiger partial charge in [0.2, 0.25) is 11.7 Å². The molecule has 8 heteroatoms. The zero-order valence-corrected chi connectivity index (χ0v) is 18.2. The third-order valence-electron chi connectivity index (χ3n) is 4.86. The molecule has 0 aliphatic carbocycles. The van der Waals surface area contributed by atoms with Crippen LogP contribution in [0.25, 0.3) is 17.5 Å². The Morgan fingerprint density at radius 3 is 2.64 bits per heavy atom. The first-order valence-corrected chi connectivity index (χ1v) is 10.3. The number of nitrogens with one attached hydrogen (secondary N) is 2. The van der Waals surface area contributed by atoms with Crippen LogP contribution in [0.2, 0.25) is 0 Å². The summed E-state index contributed by atoms with van der Waals surface area (Å²) in [5, 5.41) is 9.34. The van der Waals surface area contributed by atoms with E-state index in [1.807, 2.05) is 50.2 Å². The highest BCUT2D eigenvalue weighted by Crippen LogP contribution is 2.17. The molecule has 33 heavy (non-hydrogen) atoms. The van der Waals surface area contributed by atoms with E-state index in [4.69, 9.17) is 8.94 Å². The predicted molar refractivity (Wildman–Crippen MR) is 122 cm³/mol. The van der Waals surface area contributed by atoms with E-state index in [0.717, 1.165) is 16.7 Å². The zero-order valence-electron chi connectivity index (χ0n) is 18.2. The van der Waals surface area contributed by atoms with E-state index in [1.165, 1.54) is 12.3 Å². The van der Waals surface area contributed by atoms with Crippen molar-refractivity contribution in [2.45, 2.75) is 20.4 Å². The molecular formula is C25H22N4O4. The van der Waals surface area contributed by atoms with Crippen LogP contribution in [0.3, 0.4) is 0 Å². The highest BCUT2D eigenvalue weighted by atomic mass is 16.5. The summed E-state index contributed by atoms with van der Waals surface area (Å²) in [6.07, 6.45) is 2.94. The number of benzene rings is 2. The summed E-state index contributed by atoms with van der Waals surface area (Å²) < 4.78 is 10.6. The maximum absolute atomic E-state index is 12.9. The minimum atomic E-state index is -0.524. The smallest absolute Gasteiger partial charge is 0.268 e. The lowest BCUT2D eigenvalue weighted by Crippen LogP contribution is -2.34. The maximum Gasteiger partial charge on any atom is 0.268 e. The monoisotopic (exact) mass is 442 g/mol. The van der Waals surface area contributed by atoms with E-state index in [1.54, 1.807) is 24.3 Å². The highest BCUT2D eigenvalue weighted by Gasteiger charge is 2.17. The zero-order chi connectivity index (χ0) is 23.2. The van der Waals surface area contributed by atoms with E-state index >= 15 is 0 Å². The minimum Gasteiger partial charge on any atom is -0.465 e. The largest absolute Gasteiger partial charge is 0.465 e. The number of carbonyl (C=O) groups is 2. The molecule has 0 aliphatic heterocycles. The van der Waals surface area contributed by atoms with Crippen LogP contribution in [0.1, 0.15) is 33.1 Å². The summed E-state index contributed by atoms with van der Waals surface area (Å²) in [6, 6.07) is 18.2. The number of furan rings is 1.